The number of furan rings is 1. The van der Waals surface area contributed by atoms with E-state index in [1.807, 2.05) is 4.90 Å². The zero-order chi connectivity index (χ0) is 10.3. The molecule has 2 unspecified atom stereocenters. The van der Waals surface area contributed by atoms with Gasteiger partial charge in [0.25, 0.3) is 5.91 Å². The molecule has 15 heavy (non-hydrogen) atoms. The van der Waals surface area contributed by atoms with Crippen molar-refractivity contribution in [2.45, 2.75) is 12.5 Å². The summed E-state index contributed by atoms with van der Waals surface area (Å²) >= 11 is 0. The van der Waals surface area contributed by atoms with Crippen molar-refractivity contribution in [3.05, 3.63) is 24.2 Å². The van der Waals surface area contributed by atoms with Gasteiger partial charge in [-0.2, -0.15) is 0 Å². The van der Waals surface area contributed by atoms with Crippen LogP contribution in [0.1, 0.15) is 16.8 Å². The lowest BCUT2D eigenvalue weighted by Crippen LogP contribution is -2.44. The Labute approximate surface area is 88.2 Å². The van der Waals surface area contributed by atoms with Crippen molar-refractivity contribution in [2.24, 2.45) is 5.92 Å². The number of hydrogen-bond donors (Lipinski definition) is 1. The van der Waals surface area contributed by atoms with Crippen LogP contribution in [-0.2, 0) is 0 Å². The molecule has 4 nitrogen and oxygen atoms in total. The predicted molar refractivity (Wildman–Crippen MR) is 54.5 cm³/mol. The topological polar surface area (TPSA) is 45.5 Å². The Morgan fingerprint density at radius 2 is 2.47 bits per heavy atom. The Balaban J connectivity index is 1.75. The lowest BCUT2D eigenvalue weighted by atomic mass is 9.99. The number of piperidine rings is 1. The van der Waals surface area contributed by atoms with Gasteiger partial charge in [-0.3, -0.25) is 4.79 Å². The number of nitrogens with one attached hydrogen (secondary N) is 1. The molecule has 2 aliphatic rings. The van der Waals surface area contributed by atoms with Crippen LogP contribution in [0.15, 0.2) is 23.0 Å². The molecule has 3 heterocycles. The number of carbonyl (C=O) groups is 1. The van der Waals surface area contributed by atoms with Crippen molar-refractivity contribution in [1.29, 1.82) is 0 Å². The van der Waals surface area contributed by atoms with Gasteiger partial charge in [0.15, 0.2) is 0 Å². The average molecular weight is 206 g/mol. The Hall–Kier alpha value is -1.29. The molecule has 1 amide bonds. The fraction of sp³-hybridized carbons (Fsp3) is 0.545. The first-order valence-electron chi connectivity index (χ1n) is 5.38. The molecule has 4 heteroatoms. The molecule has 2 atom stereocenters. The monoisotopic (exact) mass is 206 g/mol. The molecular weight excluding hydrogens is 192 g/mol. The van der Waals surface area contributed by atoms with E-state index in [1.54, 1.807) is 12.3 Å². The standard InChI is InChI=1S/C11H14N2O2/c14-11(9-1-2-15-7-9)13-5-8-3-10(6-13)12-4-8/h1-2,7-8,10,12H,3-6H2. The lowest BCUT2D eigenvalue weighted by Gasteiger charge is -2.30. The first-order valence-corrected chi connectivity index (χ1v) is 5.38. The van der Waals surface area contributed by atoms with Gasteiger partial charge in [0.2, 0.25) is 0 Å². The van der Waals surface area contributed by atoms with E-state index in [-0.39, 0.29) is 5.91 Å². The number of amides is 1. The summed E-state index contributed by atoms with van der Waals surface area (Å²) in [4.78, 5) is 14.0. The molecule has 0 aromatic carbocycles. The van der Waals surface area contributed by atoms with Crippen LogP contribution >= 0.6 is 0 Å². The van der Waals surface area contributed by atoms with Crippen LogP contribution < -0.4 is 5.32 Å². The van der Waals surface area contributed by atoms with E-state index in [9.17, 15) is 4.79 Å². The molecule has 2 aliphatic heterocycles. The SMILES string of the molecule is O=C(c1ccoc1)N1CC2CNC(C2)C1. The van der Waals surface area contributed by atoms with Gasteiger partial charge in [-0.15, -0.1) is 0 Å². The van der Waals surface area contributed by atoms with Gasteiger partial charge in [-0.05, 0) is 18.4 Å². The average Bonchev–Trinajstić information content (AvgIpc) is 2.87. The van der Waals surface area contributed by atoms with Crippen molar-refractivity contribution in [2.75, 3.05) is 19.6 Å². The van der Waals surface area contributed by atoms with Crippen molar-refractivity contribution in [3.8, 4) is 0 Å². The number of likely N-dealkylation sites (tertiary alicyclic amines) is 1. The van der Waals surface area contributed by atoms with Crippen LogP contribution in [0.3, 0.4) is 0 Å². The van der Waals surface area contributed by atoms with E-state index < -0.39 is 0 Å². The van der Waals surface area contributed by atoms with Crippen LogP contribution in [0, 0.1) is 5.92 Å². The summed E-state index contributed by atoms with van der Waals surface area (Å²) in [5, 5.41) is 3.43. The van der Waals surface area contributed by atoms with E-state index in [0.717, 1.165) is 19.6 Å². The van der Waals surface area contributed by atoms with Gasteiger partial charge in [-0.1, -0.05) is 0 Å². The Kier molecular flexibility index (Phi) is 2.02. The largest absolute Gasteiger partial charge is 0.472 e. The Bertz CT molecular complexity index is 349. The van der Waals surface area contributed by atoms with Gasteiger partial charge >= 0.3 is 0 Å². The third kappa shape index (κ3) is 1.55. The second-order valence-electron chi connectivity index (χ2n) is 4.43. The summed E-state index contributed by atoms with van der Waals surface area (Å²) in [7, 11) is 0. The van der Waals surface area contributed by atoms with E-state index in [1.165, 1.54) is 12.7 Å². The molecule has 2 bridgehead atoms. The highest BCUT2D eigenvalue weighted by atomic mass is 16.3. The molecule has 1 N–H and O–H groups in total. The number of rotatable bonds is 1. The lowest BCUT2D eigenvalue weighted by molar-refractivity contribution is 0.0691. The summed E-state index contributed by atoms with van der Waals surface area (Å²) in [6.45, 7) is 2.77. The van der Waals surface area contributed by atoms with Crippen LogP contribution in [-0.4, -0.2) is 36.5 Å². The number of fused-ring (bicyclic) bond motifs is 2. The maximum atomic E-state index is 12.0. The quantitative estimate of drug-likeness (QED) is 0.736. The van der Waals surface area contributed by atoms with Gasteiger partial charge in [-0.25, -0.2) is 0 Å². The van der Waals surface area contributed by atoms with Crippen molar-refractivity contribution in [1.82, 2.24) is 10.2 Å². The number of nitrogens with zero attached hydrogens (tertiary/aromatic N) is 1. The molecule has 1 aromatic heterocycles. The van der Waals surface area contributed by atoms with Crippen LogP contribution in [0.2, 0.25) is 0 Å². The highest BCUT2D eigenvalue weighted by Crippen LogP contribution is 2.23. The minimum atomic E-state index is 0.0992. The molecule has 0 radical (unpaired) electrons. The third-order valence-corrected chi connectivity index (χ3v) is 3.29. The second kappa shape index (κ2) is 3.38. The summed E-state index contributed by atoms with van der Waals surface area (Å²) in [5.74, 6) is 0.738. The minimum Gasteiger partial charge on any atom is -0.472 e. The Morgan fingerprint density at radius 1 is 1.53 bits per heavy atom. The Morgan fingerprint density at radius 3 is 3.20 bits per heavy atom. The van der Waals surface area contributed by atoms with E-state index in [2.05, 4.69) is 5.32 Å². The third-order valence-electron chi connectivity index (χ3n) is 3.29. The first kappa shape index (κ1) is 8.97. The van der Waals surface area contributed by atoms with Crippen LogP contribution in [0.25, 0.3) is 0 Å². The predicted octanol–water partition coefficient (Wildman–Crippen LogP) is 0.714. The molecule has 0 aliphatic carbocycles. The fourth-order valence-corrected chi connectivity index (χ4v) is 2.57. The molecule has 0 saturated carbocycles. The van der Waals surface area contributed by atoms with Crippen LogP contribution in [0.4, 0.5) is 0 Å². The minimum absolute atomic E-state index is 0.0992. The van der Waals surface area contributed by atoms with Crippen molar-refractivity contribution < 1.29 is 9.21 Å². The second-order valence-corrected chi connectivity index (χ2v) is 4.43. The highest BCUT2D eigenvalue weighted by molar-refractivity contribution is 5.93. The zero-order valence-electron chi connectivity index (χ0n) is 8.48. The smallest absolute Gasteiger partial charge is 0.257 e. The van der Waals surface area contributed by atoms with Crippen LogP contribution in [0.5, 0.6) is 0 Å². The summed E-state index contributed by atoms with van der Waals surface area (Å²) in [6, 6.07) is 2.23. The fourth-order valence-electron chi connectivity index (χ4n) is 2.57. The van der Waals surface area contributed by atoms with E-state index in [4.69, 9.17) is 4.42 Å². The molecule has 1 aromatic rings. The van der Waals surface area contributed by atoms with Crippen molar-refractivity contribution >= 4 is 5.91 Å². The summed E-state index contributed by atoms with van der Waals surface area (Å²) < 4.78 is 4.93. The maximum Gasteiger partial charge on any atom is 0.257 e. The molecule has 80 valence electrons. The van der Waals surface area contributed by atoms with Gasteiger partial charge in [0.1, 0.15) is 6.26 Å². The van der Waals surface area contributed by atoms with E-state index >= 15 is 0 Å². The molecule has 0 spiro atoms. The van der Waals surface area contributed by atoms with Gasteiger partial charge in [0.05, 0.1) is 11.8 Å². The highest BCUT2D eigenvalue weighted by Gasteiger charge is 2.34. The summed E-state index contributed by atoms with van der Waals surface area (Å²) in [5.41, 5.74) is 0.663. The van der Waals surface area contributed by atoms with Gasteiger partial charge in [0, 0.05) is 25.7 Å². The first-order chi connectivity index (χ1) is 7.33. The maximum absolute atomic E-state index is 12.0. The molecule has 2 fully saturated rings. The number of carbonyl (C=O) groups excluding carboxylic acids is 1. The molecule has 3 rings (SSSR count). The number of hydrogen-bond acceptors (Lipinski definition) is 3. The summed E-state index contributed by atoms with van der Waals surface area (Å²) in [6.07, 6.45) is 4.28. The molecular formula is C11H14N2O2. The zero-order valence-corrected chi connectivity index (χ0v) is 8.48. The van der Waals surface area contributed by atoms with Crippen molar-refractivity contribution in [3.63, 3.8) is 0 Å². The van der Waals surface area contributed by atoms with Gasteiger partial charge < -0.3 is 14.6 Å². The van der Waals surface area contributed by atoms with E-state index in [0.29, 0.717) is 17.5 Å². The normalized spacial score (nSPS) is 29.5. The molecule has 2 saturated heterocycles.